The fraction of sp³-hybridized carbons (Fsp3) is 0. The molecule has 1 aromatic heterocycles. The lowest BCUT2D eigenvalue weighted by molar-refractivity contribution is 0.585. The summed E-state index contributed by atoms with van der Waals surface area (Å²) in [7, 11) is 0. The van der Waals surface area contributed by atoms with Crippen LogP contribution in [0.25, 0.3) is 22.3 Å². The minimum atomic E-state index is -0.639. The molecule has 0 aliphatic heterocycles. The van der Waals surface area contributed by atoms with E-state index < -0.39 is 11.6 Å². The molecule has 0 spiro atoms. The van der Waals surface area contributed by atoms with Gasteiger partial charge in [-0.25, -0.2) is 13.8 Å². The molecule has 0 N–H and O–H groups in total. The van der Waals surface area contributed by atoms with Gasteiger partial charge in [0.1, 0.15) is 11.6 Å². The number of fused-ring (bicyclic) bond motifs is 1. The monoisotopic (exact) mass is 242 g/mol. The van der Waals surface area contributed by atoms with Gasteiger partial charge >= 0.3 is 0 Å². The van der Waals surface area contributed by atoms with Crippen molar-refractivity contribution in [2.45, 2.75) is 0 Å². The third-order valence-corrected chi connectivity index (χ3v) is 2.66. The van der Waals surface area contributed by atoms with Gasteiger partial charge in [-0.3, -0.25) is 4.98 Å². The first-order chi connectivity index (χ1) is 8.74. The molecule has 2 nitrogen and oxygen atoms in total. The van der Waals surface area contributed by atoms with Gasteiger partial charge in [-0.05, 0) is 24.3 Å². The van der Waals surface area contributed by atoms with Gasteiger partial charge in [0.05, 0.1) is 22.9 Å². The molecule has 0 aliphatic carbocycles. The second-order valence-electron chi connectivity index (χ2n) is 3.87. The molecule has 1 heterocycles. The minimum absolute atomic E-state index is 0.245. The molecule has 18 heavy (non-hydrogen) atoms. The second-order valence-corrected chi connectivity index (χ2v) is 3.87. The van der Waals surface area contributed by atoms with Crippen molar-refractivity contribution in [2.24, 2.45) is 0 Å². The van der Waals surface area contributed by atoms with Crippen LogP contribution in [0.4, 0.5) is 8.78 Å². The van der Waals surface area contributed by atoms with Crippen LogP contribution < -0.4 is 0 Å². The topological polar surface area (TPSA) is 25.8 Å². The summed E-state index contributed by atoms with van der Waals surface area (Å²) in [5, 5.41) is 0. The van der Waals surface area contributed by atoms with Crippen molar-refractivity contribution in [1.29, 1.82) is 0 Å². The number of rotatable bonds is 1. The maximum absolute atomic E-state index is 13.6. The third-order valence-electron chi connectivity index (χ3n) is 2.66. The summed E-state index contributed by atoms with van der Waals surface area (Å²) in [6.07, 6.45) is 1.48. The standard InChI is InChI=1S/C14H8F2N2/c15-9-5-6-10(11(16)7-9)14-8-17-12-3-1-2-4-13(12)18-14/h1-8H. The number of para-hydroxylation sites is 2. The van der Waals surface area contributed by atoms with Crippen LogP contribution in [0.3, 0.4) is 0 Å². The Kier molecular flexibility index (Phi) is 2.48. The normalized spacial score (nSPS) is 10.8. The number of halogens is 2. The van der Waals surface area contributed by atoms with E-state index in [2.05, 4.69) is 9.97 Å². The van der Waals surface area contributed by atoms with Crippen LogP contribution in [0.2, 0.25) is 0 Å². The van der Waals surface area contributed by atoms with Crippen LogP contribution in [0, 0.1) is 11.6 Å². The van der Waals surface area contributed by atoms with E-state index in [9.17, 15) is 8.78 Å². The SMILES string of the molecule is Fc1ccc(-c2cnc3ccccc3n2)c(F)c1. The van der Waals surface area contributed by atoms with E-state index in [4.69, 9.17) is 0 Å². The van der Waals surface area contributed by atoms with Crippen LogP contribution >= 0.6 is 0 Å². The van der Waals surface area contributed by atoms with Gasteiger partial charge in [0.15, 0.2) is 0 Å². The van der Waals surface area contributed by atoms with Crippen molar-refractivity contribution >= 4 is 11.0 Å². The molecular formula is C14H8F2N2. The Hall–Kier alpha value is -2.36. The predicted molar refractivity (Wildman–Crippen MR) is 64.9 cm³/mol. The van der Waals surface area contributed by atoms with Crippen LogP contribution in [0.1, 0.15) is 0 Å². The summed E-state index contributed by atoms with van der Waals surface area (Å²) in [4.78, 5) is 8.51. The van der Waals surface area contributed by atoms with E-state index in [-0.39, 0.29) is 5.56 Å². The molecule has 88 valence electrons. The first kappa shape index (κ1) is 10.8. The molecule has 0 radical (unpaired) electrons. The molecule has 0 atom stereocenters. The second kappa shape index (κ2) is 4.14. The summed E-state index contributed by atoms with van der Waals surface area (Å²) in [6.45, 7) is 0. The molecule has 3 rings (SSSR count). The number of hydrogen-bond acceptors (Lipinski definition) is 2. The van der Waals surface area contributed by atoms with Gasteiger partial charge in [-0.1, -0.05) is 12.1 Å². The third kappa shape index (κ3) is 1.82. The Bertz CT molecular complexity index is 726. The minimum Gasteiger partial charge on any atom is -0.252 e. The number of benzene rings is 2. The molecule has 0 saturated heterocycles. The smallest absolute Gasteiger partial charge is 0.135 e. The van der Waals surface area contributed by atoms with Crippen LogP contribution in [-0.2, 0) is 0 Å². The first-order valence-corrected chi connectivity index (χ1v) is 5.41. The molecule has 3 aromatic rings. The van der Waals surface area contributed by atoms with Crippen molar-refractivity contribution in [2.75, 3.05) is 0 Å². The highest BCUT2D eigenvalue weighted by molar-refractivity contribution is 5.76. The van der Waals surface area contributed by atoms with Crippen molar-refractivity contribution in [3.8, 4) is 11.3 Å². The van der Waals surface area contributed by atoms with E-state index in [1.54, 1.807) is 6.07 Å². The van der Waals surface area contributed by atoms with Crippen molar-refractivity contribution in [3.05, 3.63) is 60.3 Å². The molecule has 0 amide bonds. The van der Waals surface area contributed by atoms with Crippen LogP contribution in [-0.4, -0.2) is 9.97 Å². The van der Waals surface area contributed by atoms with Crippen LogP contribution in [0.15, 0.2) is 48.7 Å². The molecular weight excluding hydrogens is 234 g/mol. The Labute approximate surface area is 102 Å². The van der Waals surface area contributed by atoms with E-state index in [1.807, 2.05) is 18.2 Å². The average molecular weight is 242 g/mol. The van der Waals surface area contributed by atoms with Gasteiger partial charge in [0.25, 0.3) is 0 Å². The Balaban J connectivity index is 2.19. The number of nitrogens with zero attached hydrogens (tertiary/aromatic N) is 2. The van der Waals surface area contributed by atoms with Gasteiger partial charge in [0.2, 0.25) is 0 Å². The van der Waals surface area contributed by atoms with Crippen LogP contribution in [0.5, 0.6) is 0 Å². The zero-order chi connectivity index (χ0) is 12.5. The van der Waals surface area contributed by atoms with Gasteiger partial charge < -0.3 is 0 Å². The fourth-order valence-corrected chi connectivity index (χ4v) is 1.78. The fourth-order valence-electron chi connectivity index (χ4n) is 1.78. The lowest BCUT2D eigenvalue weighted by atomic mass is 10.1. The molecule has 0 fully saturated rings. The van der Waals surface area contributed by atoms with Crippen molar-refractivity contribution in [3.63, 3.8) is 0 Å². The van der Waals surface area contributed by atoms with Crippen molar-refractivity contribution in [1.82, 2.24) is 9.97 Å². The molecule has 0 aliphatic rings. The highest BCUT2D eigenvalue weighted by atomic mass is 19.1. The Morgan fingerprint density at radius 1 is 0.889 bits per heavy atom. The highest BCUT2D eigenvalue weighted by Crippen LogP contribution is 2.22. The lowest BCUT2D eigenvalue weighted by Crippen LogP contribution is -1.92. The maximum Gasteiger partial charge on any atom is 0.135 e. The van der Waals surface area contributed by atoms with E-state index in [1.165, 1.54) is 18.3 Å². The summed E-state index contributed by atoms with van der Waals surface area (Å²) in [5.41, 5.74) is 2.06. The molecule has 0 saturated carbocycles. The quantitative estimate of drug-likeness (QED) is 0.651. The molecule has 0 unspecified atom stereocenters. The highest BCUT2D eigenvalue weighted by Gasteiger charge is 2.08. The Morgan fingerprint density at radius 2 is 1.67 bits per heavy atom. The summed E-state index contributed by atoms with van der Waals surface area (Å²) < 4.78 is 26.5. The molecule has 2 aromatic carbocycles. The average Bonchev–Trinajstić information content (AvgIpc) is 2.38. The van der Waals surface area contributed by atoms with Gasteiger partial charge in [0, 0.05) is 11.6 Å². The molecule has 0 bridgehead atoms. The predicted octanol–water partition coefficient (Wildman–Crippen LogP) is 3.58. The number of hydrogen-bond donors (Lipinski definition) is 0. The van der Waals surface area contributed by atoms with Gasteiger partial charge in [-0.2, -0.15) is 0 Å². The zero-order valence-corrected chi connectivity index (χ0v) is 9.27. The van der Waals surface area contributed by atoms with Crippen molar-refractivity contribution < 1.29 is 8.78 Å². The Morgan fingerprint density at radius 3 is 2.44 bits per heavy atom. The summed E-state index contributed by atoms with van der Waals surface area (Å²) >= 11 is 0. The van der Waals surface area contributed by atoms with E-state index in [0.29, 0.717) is 11.2 Å². The lowest BCUT2D eigenvalue weighted by Gasteiger charge is -2.03. The maximum atomic E-state index is 13.6. The number of aromatic nitrogens is 2. The molecule has 4 heteroatoms. The largest absolute Gasteiger partial charge is 0.252 e. The van der Waals surface area contributed by atoms with Gasteiger partial charge in [-0.15, -0.1) is 0 Å². The summed E-state index contributed by atoms with van der Waals surface area (Å²) in [5.74, 6) is -1.25. The zero-order valence-electron chi connectivity index (χ0n) is 9.27. The first-order valence-electron chi connectivity index (χ1n) is 5.41. The van der Waals surface area contributed by atoms with E-state index in [0.717, 1.165) is 11.6 Å². The van der Waals surface area contributed by atoms with E-state index >= 15 is 0 Å². The summed E-state index contributed by atoms with van der Waals surface area (Å²) in [6, 6.07) is 10.7.